The lowest BCUT2D eigenvalue weighted by Gasteiger charge is -2.29. The van der Waals surface area contributed by atoms with E-state index in [1.165, 1.54) is 11.3 Å². The number of aryl methyl sites for hydroxylation is 2. The highest BCUT2D eigenvalue weighted by Crippen LogP contribution is 2.32. The van der Waals surface area contributed by atoms with Crippen LogP contribution in [0.5, 0.6) is 0 Å². The van der Waals surface area contributed by atoms with E-state index in [4.69, 9.17) is 0 Å². The Balaban J connectivity index is 1.86. The van der Waals surface area contributed by atoms with Crippen molar-refractivity contribution in [1.82, 2.24) is 0 Å². The van der Waals surface area contributed by atoms with Crippen molar-refractivity contribution in [1.29, 1.82) is 0 Å². The Morgan fingerprint density at radius 2 is 1.96 bits per heavy atom. The van der Waals surface area contributed by atoms with Crippen molar-refractivity contribution < 1.29 is 13.2 Å². The SMILES string of the molecule is CCCN1C(=O)CCc2cc(NS(=O)(=O)c3ccc(CC)s3)ccc21. The monoisotopic (exact) mass is 378 g/mol. The van der Waals surface area contributed by atoms with Crippen LogP contribution in [0.1, 0.15) is 37.1 Å². The first-order valence-electron chi connectivity index (χ1n) is 8.49. The van der Waals surface area contributed by atoms with E-state index in [1.54, 1.807) is 17.0 Å². The summed E-state index contributed by atoms with van der Waals surface area (Å²) in [6.45, 7) is 4.73. The number of amides is 1. The van der Waals surface area contributed by atoms with Crippen LogP contribution in [0.15, 0.2) is 34.5 Å². The average molecular weight is 379 g/mol. The molecular weight excluding hydrogens is 356 g/mol. The number of thiophene rings is 1. The van der Waals surface area contributed by atoms with Gasteiger partial charge in [0.15, 0.2) is 0 Å². The fraction of sp³-hybridized carbons (Fsp3) is 0.389. The number of fused-ring (bicyclic) bond motifs is 1. The van der Waals surface area contributed by atoms with Gasteiger partial charge in [-0.05, 0) is 55.2 Å². The lowest BCUT2D eigenvalue weighted by atomic mass is 10.0. The summed E-state index contributed by atoms with van der Waals surface area (Å²) in [5.74, 6) is 0.133. The van der Waals surface area contributed by atoms with E-state index in [-0.39, 0.29) is 5.91 Å². The molecule has 1 aliphatic rings. The second kappa shape index (κ2) is 7.17. The fourth-order valence-electron chi connectivity index (χ4n) is 2.99. The molecule has 25 heavy (non-hydrogen) atoms. The van der Waals surface area contributed by atoms with Gasteiger partial charge < -0.3 is 4.90 Å². The Kier molecular flexibility index (Phi) is 5.15. The molecule has 2 aromatic rings. The number of carbonyl (C=O) groups excluding carboxylic acids is 1. The number of hydrogen-bond acceptors (Lipinski definition) is 4. The first-order valence-corrected chi connectivity index (χ1v) is 10.8. The summed E-state index contributed by atoms with van der Waals surface area (Å²) in [7, 11) is -3.58. The minimum absolute atomic E-state index is 0.133. The van der Waals surface area contributed by atoms with Crippen LogP contribution >= 0.6 is 11.3 Å². The van der Waals surface area contributed by atoms with Crippen LogP contribution in [0.3, 0.4) is 0 Å². The summed E-state index contributed by atoms with van der Waals surface area (Å²) in [6, 6.07) is 8.90. The third-order valence-corrected chi connectivity index (χ3v) is 7.33. The van der Waals surface area contributed by atoms with Crippen LogP contribution in [0.4, 0.5) is 11.4 Å². The molecule has 5 nitrogen and oxygen atoms in total. The van der Waals surface area contributed by atoms with Gasteiger partial charge >= 0.3 is 0 Å². The third-order valence-electron chi connectivity index (χ3n) is 4.23. The molecule has 0 bridgehead atoms. The number of hydrogen-bond donors (Lipinski definition) is 1. The Labute approximate surface area is 152 Å². The molecule has 1 aliphatic heterocycles. The summed E-state index contributed by atoms with van der Waals surface area (Å²) in [5, 5.41) is 0. The molecule has 2 heterocycles. The highest BCUT2D eigenvalue weighted by atomic mass is 32.2. The van der Waals surface area contributed by atoms with Crippen molar-refractivity contribution in [3.63, 3.8) is 0 Å². The third kappa shape index (κ3) is 3.72. The van der Waals surface area contributed by atoms with Gasteiger partial charge in [0.05, 0.1) is 0 Å². The molecule has 3 rings (SSSR count). The van der Waals surface area contributed by atoms with Crippen molar-refractivity contribution in [2.75, 3.05) is 16.2 Å². The normalized spacial score (nSPS) is 14.5. The maximum Gasteiger partial charge on any atom is 0.271 e. The molecule has 1 N–H and O–H groups in total. The van der Waals surface area contributed by atoms with Gasteiger partial charge in [0.1, 0.15) is 4.21 Å². The number of carbonyl (C=O) groups is 1. The number of benzene rings is 1. The highest BCUT2D eigenvalue weighted by Gasteiger charge is 2.24. The molecule has 7 heteroatoms. The van der Waals surface area contributed by atoms with Crippen LogP contribution in [-0.4, -0.2) is 20.9 Å². The van der Waals surface area contributed by atoms with Gasteiger partial charge in [0, 0.05) is 29.2 Å². The van der Waals surface area contributed by atoms with Gasteiger partial charge in [-0.15, -0.1) is 11.3 Å². The van der Waals surface area contributed by atoms with Gasteiger partial charge in [-0.25, -0.2) is 8.42 Å². The van der Waals surface area contributed by atoms with Gasteiger partial charge in [-0.1, -0.05) is 13.8 Å². The Morgan fingerprint density at radius 1 is 1.16 bits per heavy atom. The van der Waals surface area contributed by atoms with Crippen LogP contribution < -0.4 is 9.62 Å². The largest absolute Gasteiger partial charge is 0.312 e. The predicted molar refractivity (Wildman–Crippen MR) is 102 cm³/mol. The summed E-state index contributed by atoms with van der Waals surface area (Å²) < 4.78 is 28.1. The van der Waals surface area contributed by atoms with Crippen LogP contribution in [0.2, 0.25) is 0 Å². The molecule has 0 unspecified atom stereocenters. The molecule has 0 atom stereocenters. The molecule has 0 aliphatic carbocycles. The van der Waals surface area contributed by atoms with E-state index in [9.17, 15) is 13.2 Å². The van der Waals surface area contributed by atoms with Gasteiger partial charge in [-0.2, -0.15) is 0 Å². The zero-order chi connectivity index (χ0) is 18.0. The Hall–Kier alpha value is -1.86. The fourth-order valence-corrected chi connectivity index (χ4v) is 5.34. The molecule has 134 valence electrons. The molecule has 0 spiro atoms. The minimum Gasteiger partial charge on any atom is -0.312 e. The lowest BCUT2D eigenvalue weighted by molar-refractivity contribution is -0.118. The smallest absolute Gasteiger partial charge is 0.271 e. The van der Waals surface area contributed by atoms with Crippen molar-refractivity contribution in [3.8, 4) is 0 Å². The second-order valence-electron chi connectivity index (χ2n) is 6.07. The number of rotatable bonds is 6. The Bertz CT molecular complexity index is 887. The average Bonchev–Trinajstić information content (AvgIpc) is 3.07. The first kappa shape index (κ1) is 17.9. The van der Waals surface area contributed by atoms with E-state index in [0.29, 0.717) is 29.3 Å². The quantitative estimate of drug-likeness (QED) is 0.831. The summed E-state index contributed by atoms with van der Waals surface area (Å²) in [4.78, 5) is 14.9. The van der Waals surface area contributed by atoms with E-state index in [1.807, 2.05) is 32.0 Å². The molecule has 1 amide bonds. The maximum absolute atomic E-state index is 12.6. The van der Waals surface area contributed by atoms with E-state index >= 15 is 0 Å². The summed E-state index contributed by atoms with van der Waals surface area (Å²) in [6.07, 6.45) is 2.81. The van der Waals surface area contributed by atoms with E-state index in [0.717, 1.165) is 29.0 Å². The number of sulfonamides is 1. The van der Waals surface area contributed by atoms with Gasteiger partial charge in [-0.3, -0.25) is 9.52 Å². The number of nitrogens with zero attached hydrogens (tertiary/aromatic N) is 1. The van der Waals surface area contributed by atoms with Crippen LogP contribution in [-0.2, 0) is 27.7 Å². The lowest BCUT2D eigenvalue weighted by Crippen LogP contribution is -2.35. The van der Waals surface area contributed by atoms with Gasteiger partial charge in [0.2, 0.25) is 5.91 Å². The second-order valence-corrected chi connectivity index (χ2v) is 9.15. The number of nitrogens with one attached hydrogen (secondary N) is 1. The minimum atomic E-state index is -3.58. The standard InChI is InChI=1S/C18H22N2O3S2/c1-3-11-20-16-8-6-14(12-13(16)5-9-17(20)21)19-25(22,23)18-10-7-15(4-2)24-18/h6-8,10,12,19H,3-5,9,11H2,1-2H3. The van der Waals surface area contributed by atoms with Crippen molar-refractivity contribution >= 4 is 38.6 Å². The molecule has 0 radical (unpaired) electrons. The number of anilines is 2. The summed E-state index contributed by atoms with van der Waals surface area (Å²) >= 11 is 1.29. The highest BCUT2D eigenvalue weighted by molar-refractivity contribution is 7.94. The molecule has 0 fully saturated rings. The summed E-state index contributed by atoms with van der Waals surface area (Å²) in [5.41, 5.74) is 2.44. The molecule has 0 saturated carbocycles. The topological polar surface area (TPSA) is 66.5 Å². The molecule has 0 saturated heterocycles. The van der Waals surface area contributed by atoms with Crippen molar-refractivity contribution in [2.45, 2.75) is 43.7 Å². The Morgan fingerprint density at radius 3 is 2.64 bits per heavy atom. The molecule has 1 aromatic heterocycles. The predicted octanol–water partition coefficient (Wildman–Crippen LogP) is 3.80. The van der Waals surface area contributed by atoms with E-state index < -0.39 is 10.0 Å². The van der Waals surface area contributed by atoms with Crippen LogP contribution in [0.25, 0.3) is 0 Å². The zero-order valence-electron chi connectivity index (χ0n) is 14.4. The maximum atomic E-state index is 12.6. The van der Waals surface area contributed by atoms with Crippen LogP contribution in [0, 0.1) is 0 Å². The van der Waals surface area contributed by atoms with E-state index in [2.05, 4.69) is 4.72 Å². The van der Waals surface area contributed by atoms with Gasteiger partial charge in [0.25, 0.3) is 10.0 Å². The zero-order valence-corrected chi connectivity index (χ0v) is 16.0. The molecular formula is C18H22N2O3S2. The molecule has 1 aromatic carbocycles. The van der Waals surface area contributed by atoms with Crippen molar-refractivity contribution in [3.05, 3.63) is 40.8 Å². The first-order chi connectivity index (χ1) is 11.9. The van der Waals surface area contributed by atoms with Crippen molar-refractivity contribution in [2.24, 2.45) is 0 Å².